The van der Waals surface area contributed by atoms with Gasteiger partial charge in [-0.3, -0.25) is 10.1 Å². The smallest absolute Gasteiger partial charge is 0.257 e. The standard InChI is InChI=1S/C21H20N2O3S/c1-2-14-6-8-15(9-7-14)20(25)23-21(27)22-17-5-3-4-16(12-17)19-11-10-18(13-24)26-19/h3-12,24H,2,13H2,1H3,(H2,22,23,25,27). The molecule has 3 aromatic rings. The molecule has 0 spiro atoms. The van der Waals surface area contributed by atoms with E-state index in [1.807, 2.05) is 36.4 Å². The van der Waals surface area contributed by atoms with E-state index < -0.39 is 0 Å². The van der Waals surface area contributed by atoms with Crippen LogP contribution in [0.3, 0.4) is 0 Å². The van der Waals surface area contributed by atoms with Gasteiger partial charge in [0.25, 0.3) is 5.91 Å². The number of anilines is 1. The highest BCUT2D eigenvalue weighted by molar-refractivity contribution is 7.80. The van der Waals surface area contributed by atoms with Crippen LogP contribution in [0.2, 0.25) is 0 Å². The van der Waals surface area contributed by atoms with Crippen molar-refractivity contribution in [3.05, 3.63) is 77.6 Å². The molecule has 5 nitrogen and oxygen atoms in total. The van der Waals surface area contributed by atoms with E-state index in [4.69, 9.17) is 21.7 Å². The molecule has 6 heteroatoms. The average Bonchev–Trinajstić information content (AvgIpc) is 3.17. The fourth-order valence-corrected chi connectivity index (χ4v) is 2.81. The molecule has 0 saturated heterocycles. The van der Waals surface area contributed by atoms with Crippen LogP contribution in [0.4, 0.5) is 5.69 Å². The van der Waals surface area contributed by atoms with E-state index in [2.05, 4.69) is 17.6 Å². The van der Waals surface area contributed by atoms with E-state index in [0.717, 1.165) is 17.7 Å². The third kappa shape index (κ3) is 4.81. The molecule has 1 aromatic heterocycles. The van der Waals surface area contributed by atoms with E-state index in [9.17, 15) is 4.79 Å². The minimum absolute atomic E-state index is 0.146. The lowest BCUT2D eigenvalue weighted by Gasteiger charge is -2.10. The quantitative estimate of drug-likeness (QED) is 0.581. The van der Waals surface area contributed by atoms with E-state index in [-0.39, 0.29) is 17.6 Å². The van der Waals surface area contributed by atoms with Crippen LogP contribution in [-0.2, 0) is 13.0 Å². The number of rotatable bonds is 5. The van der Waals surface area contributed by atoms with Gasteiger partial charge in [0.05, 0.1) is 0 Å². The second-order valence-corrected chi connectivity index (χ2v) is 6.37. The molecular weight excluding hydrogens is 360 g/mol. The molecule has 0 saturated carbocycles. The Morgan fingerprint density at radius 2 is 1.89 bits per heavy atom. The summed E-state index contributed by atoms with van der Waals surface area (Å²) in [4.78, 5) is 12.3. The van der Waals surface area contributed by atoms with Crippen LogP contribution in [0.5, 0.6) is 0 Å². The van der Waals surface area contributed by atoms with Crippen LogP contribution < -0.4 is 10.6 Å². The van der Waals surface area contributed by atoms with Gasteiger partial charge in [0.15, 0.2) is 5.11 Å². The Kier molecular flexibility index (Phi) is 6.01. The number of carbonyl (C=O) groups is 1. The van der Waals surface area contributed by atoms with Crippen molar-refractivity contribution in [1.29, 1.82) is 0 Å². The Hall–Kier alpha value is -2.96. The maximum atomic E-state index is 12.3. The van der Waals surface area contributed by atoms with Crippen LogP contribution >= 0.6 is 12.2 Å². The summed E-state index contributed by atoms with van der Waals surface area (Å²) >= 11 is 5.24. The number of nitrogens with one attached hydrogen (secondary N) is 2. The molecule has 0 fully saturated rings. The summed E-state index contributed by atoms with van der Waals surface area (Å²) in [5.41, 5.74) is 3.29. The Morgan fingerprint density at radius 1 is 1.11 bits per heavy atom. The van der Waals surface area contributed by atoms with Gasteiger partial charge in [-0.1, -0.05) is 31.2 Å². The summed E-state index contributed by atoms with van der Waals surface area (Å²) in [5, 5.41) is 15.0. The summed E-state index contributed by atoms with van der Waals surface area (Å²) in [5.74, 6) is 0.888. The maximum Gasteiger partial charge on any atom is 0.257 e. The van der Waals surface area contributed by atoms with Crippen LogP contribution in [0.25, 0.3) is 11.3 Å². The Morgan fingerprint density at radius 3 is 2.56 bits per heavy atom. The molecule has 27 heavy (non-hydrogen) atoms. The predicted octanol–water partition coefficient (Wildman–Crippen LogP) is 4.13. The number of benzene rings is 2. The van der Waals surface area contributed by atoms with Gasteiger partial charge >= 0.3 is 0 Å². The average molecular weight is 380 g/mol. The molecule has 0 aliphatic heterocycles. The molecule has 0 aliphatic carbocycles. The van der Waals surface area contributed by atoms with Crippen molar-refractivity contribution in [2.24, 2.45) is 0 Å². The number of hydrogen-bond acceptors (Lipinski definition) is 4. The van der Waals surface area contributed by atoms with Crippen LogP contribution in [0.15, 0.2) is 65.1 Å². The number of aryl methyl sites for hydroxylation is 1. The first-order valence-corrected chi connectivity index (χ1v) is 9.01. The number of thiocarbonyl (C=S) groups is 1. The molecule has 0 bridgehead atoms. The Labute approximate surface area is 163 Å². The van der Waals surface area contributed by atoms with Gasteiger partial charge in [0, 0.05) is 16.8 Å². The normalized spacial score (nSPS) is 10.4. The second-order valence-electron chi connectivity index (χ2n) is 5.96. The van der Waals surface area contributed by atoms with Gasteiger partial charge in [-0.2, -0.15) is 0 Å². The van der Waals surface area contributed by atoms with Crippen LogP contribution in [0.1, 0.15) is 28.6 Å². The highest BCUT2D eigenvalue weighted by atomic mass is 32.1. The van der Waals surface area contributed by atoms with Crippen molar-refractivity contribution in [2.75, 3.05) is 5.32 Å². The largest absolute Gasteiger partial charge is 0.459 e. The van der Waals surface area contributed by atoms with E-state index in [1.165, 1.54) is 5.56 Å². The zero-order chi connectivity index (χ0) is 19.2. The predicted molar refractivity (Wildman–Crippen MR) is 110 cm³/mol. The zero-order valence-corrected chi connectivity index (χ0v) is 15.7. The van der Waals surface area contributed by atoms with E-state index in [1.54, 1.807) is 24.3 Å². The van der Waals surface area contributed by atoms with Gasteiger partial charge in [-0.05, 0) is 60.6 Å². The third-order valence-electron chi connectivity index (χ3n) is 4.07. The van der Waals surface area contributed by atoms with Gasteiger partial charge in [-0.25, -0.2) is 0 Å². The molecule has 0 unspecified atom stereocenters. The van der Waals surface area contributed by atoms with Gasteiger partial charge in [-0.15, -0.1) is 0 Å². The van der Waals surface area contributed by atoms with E-state index in [0.29, 0.717) is 17.1 Å². The monoisotopic (exact) mass is 380 g/mol. The first-order chi connectivity index (χ1) is 13.1. The molecule has 1 heterocycles. The molecule has 3 rings (SSSR count). The molecule has 3 N–H and O–H groups in total. The molecule has 0 aliphatic rings. The first-order valence-electron chi connectivity index (χ1n) is 8.60. The van der Waals surface area contributed by atoms with Gasteiger partial charge in [0.2, 0.25) is 0 Å². The van der Waals surface area contributed by atoms with Crippen molar-refractivity contribution < 1.29 is 14.3 Å². The molecule has 0 atom stereocenters. The summed E-state index contributed by atoms with van der Waals surface area (Å²) in [6.45, 7) is 1.92. The van der Waals surface area contributed by atoms with Crippen molar-refractivity contribution in [3.8, 4) is 11.3 Å². The van der Waals surface area contributed by atoms with Crippen molar-refractivity contribution >= 4 is 28.9 Å². The number of carbonyl (C=O) groups excluding carboxylic acids is 1. The van der Waals surface area contributed by atoms with Crippen LogP contribution in [0, 0.1) is 0 Å². The lowest BCUT2D eigenvalue weighted by molar-refractivity contribution is 0.0977. The number of aliphatic hydroxyl groups is 1. The van der Waals surface area contributed by atoms with Crippen molar-refractivity contribution in [3.63, 3.8) is 0 Å². The van der Waals surface area contributed by atoms with Crippen LogP contribution in [-0.4, -0.2) is 16.1 Å². The summed E-state index contributed by atoms with van der Waals surface area (Å²) in [6.07, 6.45) is 0.924. The van der Waals surface area contributed by atoms with Crippen molar-refractivity contribution in [1.82, 2.24) is 5.32 Å². The molecule has 1 amide bonds. The summed E-state index contributed by atoms with van der Waals surface area (Å²) in [6, 6.07) is 18.4. The molecule has 2 aromatic carbocycles. The van der Waals surface area contributed by atoms with Crippen molar-refractivity contribution in [2.45, 2.75) is 20.0 Å². The lowest BCUT2D eigenvalue weighted by atomic mass is 10.1. The Balaban J connectivity index is 1.65. The fourth-order valence-electron chi connectivity index (χ4n) is 2.60. The SMILES string of the molecule is CCc1ccc(C(=O)NC(=S)Nc2cccc(-c3ccc(CO)o3)c2)cc1. The summed E-state index contributed by atoms with van der Waals surface area (Å²) < 4.78 is 5.54. The van der Waals surface area contributed by atoms with E-state index >= 15 is 0 Å². The fraction of sp³-hybridized carbons (Fsp3) is 0.143. The molecular formula is C21H20N2O3S. The number of aliphatic hydroxyl groups excluding tert-OH is 1. The van der Waals surface area contributed by atoms with Gasteiger partial charge in [0.1, 0.15) is 18.1 Å². The first kappa shape index (κ1) is 18.8. The zero-order valence-electron chi connectivity index (χ0n) is 14.9. The summed E-state index contributed by atoms with van der Waals surface area (Å²) in [7, 11) is 0. The maximum absolute atomic E-state index is 12.3. The lowest BCUT2D eigenvalue weighted by Crippen LogP contribution is -2.34. The molecule has 0 radical (unpaired) electrons. The Bertz CT molecular complexity index is 948. The third-order valence-corrected chi connectivity index (χ3v) is 4.28. The molecule has 138 valence electrons. The number of amides is 1. The second kappa shape index (κ2) is 8.62. The minimum Gasteiger partial charge on any atom is -0.459 e. The number of furan rings is 1. The minimum atomic E-state index is -0.259. The topological polar surface area (TPSA) is 74.5 Å². The highest BCUT2D eigenvalue weighted by Gasteiger charge is 2.09. The highest BCUT2D eigenvalue weighted by Crippen LogP contribution is 2.24. The number of hydrogen-bond donors (Lipinski definition) is 3. The van der Waals surface area contributed by atoms with Gasteiger partial charge < -0.3 is 14.8 Å².